The molecule has 1 aromatic heterocycles. The first-order valence-corrected chi connectivity index (χ1v) is 6.46. The molecule has 0 amide bonds. The molecule has 0 aliphatic heterocycles. The van der Waals surface area contributed by atoms with Crippen molar-refractivity contribution in [3.8, 4) is 0 Å². The van der Waals surface area contributed by atoms with Gasteiger partial charge in [-0.2, -0.15) is 0 Å². The number of benzene rings is 1. The van der Waals surface area contributed by atoms with Crippen molar-refractivity contribution in [2.75, 3.05) is 5.73 Å². The summed E-state index contributed by atoms with van der Waals surface area (Å²) in [5.74, 6) is 0. The normalized spacial score (nSPS) is 12.8. The number of anilines is 1. The lowest BCUT2D eigenvalue weighted by Gasteiger charge is -2.13. The number of fused-ring (bicyclic) bond motifs is 1. The van der Waals surface area contributed by atoms with Crippen LogP contribution >= 0.6 is 0 Å². The van der Waals surface area contributed by atoms with Crippen LogP contribution in [0, 0.1) is 0 Å². The largest absolute Gasteiger partial charge is 0.398 e. The third-order valence-electron chi connectivity index (χ3n) is 3.11. The zero-order valence-corrected chi connectivity index (χ0v) is 11.0. The summed E-state index contributed by atoms with van der Waals surface area (Å²) in [5, 5.41) is 1.00. The summed E-state index contributed by atoms with van der Waals surface area (Å²) in [5.41, 5.74) is 8.76. The maximum atomic E-state index is 5.95. The fourth-order valence-electron chi connectivity index (χ4n) is 2.09. The standard InChI is InChI=1S/C15H20N2O/c1-3-5-11(2)18-10-12-7-8-14(16)13-6-4-9-17-15(12)13/h4,6-9,11H,3,5,10,16H2,1-2H3. The Morgan fingerprint density at radius 2 is 2.17 bits per heavy atom. The average molecular weight is 244 g/mol. The Morgan fingerprint density at radius 3 is 2.94 bits per heavy atom. The van der Waals surface area contributed by atoms with Gasteiger partial charge in [-0.05, 0) is 31.5 Å². The van der Waals surface area contributed by atoms with Gasteiger partial charge in [0.2, 0.25) is 0 Å². The third-order valence-corrected chi connectivity index (χ3v) is 3.11. The molecule has 0 fully saturated rings. The van der Waals surface area contributed by atoms with Gasteiger partial charge in [0.05, 0.1) is 18.2 Å². The summed E-state index contributed by atoms with van der Waals surface area (Å²) < 4.78 is 5.84. The van der Waals surface area contributed by atoms with E-state index in [1.54, 1.807) is 6.20 Å². The van der Waals surface area contributed by atoms with Crippen molar-refractivity contribution in [2.45, 2.75) is 39.4 Å². The number of hydrogen-bond donors (Lipinski definition) is 1. The van der Waals surface area contributed by atoms with Gasteiger partial charge in [-0.25, -0.2) is 0 Å². The summed E-state index contributed by atoms with van der Waals surface area (Å²) in [6, 6.07) is 7.83. The van der Waals surface area contributed by atoms with E-state index in [4.69, 9.17) is 10.5 Å². The lowest BCUT2D eigenvalue weighted by Crippen LogP contribution is -2.08. The van der Waals surface area contributed by atoms with Crippen LogP contribution in [0.5, 0.6) is 0 Å². The Morgan fingerprint density at radius 1 is 1.33 bits per heavy atom. The van der Waals surface area contributed by atoms with Gasteiger partial charge in [0.1, 0.15) is 0 Å². The van der Waals surface area contributed by atoms with E-state index in [0.717, 1.165) is 35.0 Å². The Bertz CT molecular complexity index is 525. The summed E-state index contributed by atoms with van der Waals surface area (Å²) in [4.78, 5) is 4.41. The predicted molar refractivity (Wildman–Crippen MR) is 75.3 cm³/mol. The van der Waals surface area contributed by atoms with Gasteiger partial charge in [0.15, 0.2) is 0 Å². The molecule has 2 N–H and O–H groups in total. The Hall–Kier alpha value is -1.61. The highest BCUT2D eigenvalue weighted by molar-refractivity contribution is 5.92. The monoisotopic (exact) mass is 244 g/mol. The number of pyridine rings is 1. The van der Waals surface area contributed by atoms with Gasteiger partial charge in [-0.15, -0.1) is 0 Å². The fourth-order valence-corrected chi connectivity index (χ4v) is 2.09. The average Bonchev–Trinajstić information content (AvgIpc) is 2.39. The highest BCUT2D eigenvalue weighted by Crippen LogP contribution is 2.23. The molecule has 18 heavy (non-hydrogen) atoms. The van der Waals surface area contributed by atoms with Crippen LogP contribution in [0.1, 0.15) is 32.3 Å². The van der Waals surface area contributed by atoms with Gasteiger partial charge in [0, 0.05) is 22.8 Å². The lowest BCUT2D eigenvalue weighted by atomic mass is 10.1. The molecule has 3 heteroatoms. The van der Waals surface area contributed by atoms with Crippen LogP contribution in [0.3, 0.4) is 0 Å². The SMILES string of the molecule is CCCC(C)OCc1ccc(N)c2cccnc12. The van der Waals surface area contributed by atoms with Crippen molar-refractivity contribution in [1.29, 1.82) is 0 Å². The molecule has 0 aliphatic rings. The topological polar surface area (TPSA) is 48.1 Å². The van der Waals surface area contributed by atoms with Crippen LogP contribution in [0.25, 0.3) is 10.9 Å². The van der Waals surface area contributed by atoms with E-state index in [2.05, 4.69) is 18.8 Å². The third kappa shape index (κ3) is 2.79. The van der Waals surface area contributed by atoms with Crippen LogP contribution in [0.4, 0.5) is 5.69 Å². The van der Waals surface area contributed by atoms with Crippen molar-refractivity contribution in [3.63, 3.8) is 0 Å². The number of nitrogens with two attached hydrogens (primary N) is 1. The summed E-state index contributed by atoms with van der Waals surface area (Å²) in [6.07, 6.45) is 4.30. The molecular weight excluding hydrogens is 224 g/mol. The summed E-state index contributed by atoms with van der Waals surface area (Å²) in [6.45, 7) is 4.87. The van der Waals surface area contributed by atoms with Gasteiger partial charge >= 0.3 is 0 Å². The predicted octanol–water partition coefficient (Wildman–Crippen LogP) is 3.52. The zero-order valence-electron chi connectivity index (χ0n) is 11.0. The summed E-state index contributed by atoms with van der Waals surface area (Å²) >= 11 is 0. The van der Waals surface area contributed by atoms with Gasteiger partial charge in [-0.1, -0.05) is 19.4 Å². The molecule has 2 rings (SSSR count). The molecule has 1 heterocycles. The first-order valence-electron chi connectivity index (χ1n) is 6.46. The minimum Gasteiger partial charge on any atom is -0.398 e. The van der Waals surface area contributed by atoms with Crippen molar-refractivity contribution in [2.24, 2.45) is 0 Å². The van der Waals surface area contributed by atoms with E-state index in [0.29, 0.717) is 6.61 Å². The van der Waals surface area contributed by atoms with Crippen LogP contribution in [-0.2, 0) is 11.3 Å². The van der Waals surface area contributed by atoms with Gasteiger partial charge < -0.3 is 10.5 Å². The second-order valence-electron chi connectivity index (χ2n) is 4.62. The molecular formula is C15H20N2O. The van der Waals surface area contributed by atoms with E-state index >= 15 is 0 Å². The zero-order chi connectivity index (χ0) is 13.0. The van der Waals surface area contributed by atoms with Crippen LogP contribution in [0.15, 0.2) is 30.5 Å². The number of hydrogen-bond acceptors (Lipinski definition) is 3. The van der Waals surface area contributed by atoms with Crippen LogP contribution < -0.4 is 5.73 Å². The maximum Gasteiger partial charge on any atom is 0.0777 e. The molecule has 0 saturated carbocycles. The van der Waals surface area contributed by atoms with Crippen LogP contribution in [-0.4, -0.2) is 11.1 Å². The number of rotatable bonds is 5. The molecule has 2 aromatic rings. The highest BCUT2D eigenvalue weighted by atomic mass is 16.5. The lowest BCUT2D eigenvalue weighted by molar-refractivity contribution is 0.0477. The second-order valence-corrected chi connectivity index (χ2v) is 4.62. The van der Waals surface area contributed by atoms with E-state index in [-0.39, 0.29) is 6.10 Å². The minimum atomic E-state index is 0.284. The molecule has 1 aromatic carbocycles. The van der Waals surface area contributed by atoms with E-state index in [1.807, 2.05) is 24.3 Å². The molecule has 0 aliphatic carbocycles. The first-order chi connectivity index (χ1) is 8.72. The molecule has 1 unspecified atom stereocenters. The van der Waals surface area contributed by atoms with E-state index in [1.165, 1.54) is 0 Å². The maximum absolute atomic E-state index is 5.95. The molecule has 0 spiro atoms. The number of nitrogens with zero attached hydrogens (tertiary/aromatic N) is 1. The Balaban J connectivity index is 2.21. The fraction of sp³-hybridized carbons (Fsp3) is 0.400. The number of ether oxygens (including phenoxy) is 1. The van der Waals surface area contributed by atoms with Gasteiger partial charge in [-0.3, -0.25) is 4.98 Å². The number of nitrogen functional groups attached to an aromatic ring is 1. The Kier molecular flexibility index (Phi) is 4.15. The van der Waals surface area contributed by atoms with Crippen molar-refractivity contribution in [3.05, 3.63) is 36.0 Å². The molecule has 1 atom stereocenters. The quantitative estimate of drug-likeness (QED) is 0.819. The highest BCUT2D eigenvalue weighted by Gasteiger charge is 2.07. The smallest absolute Gasteiger partial charge is 0.0777 e. The van der Waals surface area contributed by atoms with Crippen molar-refractivity contribution >= 4 is 16.6 Å². The molecule has 0 saturated heterocycles. The van der Waals surface area contributed by atoms with Crippen LogP contribution in [0.2, 0.25) is 0 Å². The Labute approximate surface area is 108 Å². The first kappa shape index (κ1) is 12.8. The number of aromatic nitrogens is 1. The molecule has 96 valence electrons. The van der Waals surface area contributed by atoms with E-state index < -0.39 is 0 Å². The minimum absolute atomic E-state index is 0.284. The van der Waals surface area contributed by atoms with Gasteiger partial charge in [0.25, 0.3) is 0 Å². The second kappa shape index (κ2) is 5.83. The molecule has 0 radical (unpaired) electrons. The molecule has 3 nitrogen and oxygen atoms in total. The molecule has 0 bridgehead atoms. The van der Waals surface area contributed by atoms with E-state index in [9.17, 15) is 0 Å². The van der Waals surface area contributed by atoms with Crippen molar-refractivity contribution < 1.29 is 4.74 Å². The summed E-state index contributed by atoms with van der Waals surface area (Å²) in [7, 11) is 0. The van der Waals surface area contributed by atoms with Crippen molar-refractivity contribution in [1.82, 2.24) is 4.98 Å².